The van der Waals surface area contributed by atoms with E-state index in [2.05, 4.69) is 11.8 Å². The summed E-state index contributed by atoms with van der Waals surface area (Å²) in [7, 11) is 0. The second kappa shape index (κ2) is 6.10. The van der Waals surface area contributed by atoms with Crippen LogP contribution in [0, 0.1) is 5.41 Å². The molecule has 2 aliphatic rings. The number of nitrogens with zero attached hydrogens (tertiary/aromatic N) is 3. The summed E-state index contributed by atoms with van der Waals surface area (Å²) in [6, 6.07) is 0. The first kappa shape index (κ1) is 15.3. The number of likely N-dealkylation sites (tertiary alicyclic amines) is 1. The van der Waals surface area contributed by atoms with Crippen molar-refractivity contribution in [3.8, 4) is 0 Å². The zero-order valence-electron chi connectivity index (χ0n) is 12.6. The van der Waals surface area contributed by atoms with Crippen molar-refractivity contribution in [1.29, 1.82) is 0 Å². The van der Waals surface area contributed by atoms with Crippen LogP contribution in [0.2, 0.25) is 0 Å². The molecule has 20 heavy (non-hydrogen) atoms. The van der Waals surface area contributed by atoms with Crippen molar-refractivity contribution in [3.05, 3.63) is 0 Å². The lowest BCUT2D eigenvalue weighted by molar-refractivity contribution is -0.139. The van der Waals surface area contributed by atoms with Crippen molar-refractivity contribution < 1.29 is 9.59 Å². The van der Waals surface area contributed by atoms with Gasteiger partial charge in [0.2, 0.25) is 11.8 Å². The fourth-order valence-corrected chi connectivity index (χ4v) is 2.99. The van der Waals surface area contributed by atoms with Crippen LogP contribution in [0.4, 0.5) is 0 Å². The molecular weight excluding hydrogens is 256 g/mol. The van der Waals surface area contributed by atoms with Crippen molar-refractivity contribution in [2.24, 2.45) is 11.1 Å². The molecule has 2 saturated heterocycles. The van der Waals surface area contributed by atoms with Crippen LogP contribution < -0.4 is 5.73 Å². The lowest BCUT2D eigenvalue weighted by atomic mass is 9.90. The summed E-state index contributed by atoms with van der Waals surface area (Å²) in [4.78, 5) is 29.4. The normalized spacial score (nSPS) is 27.9. The van der Waals surface area contributed by atoms with Crippen molar-refractivity contribution in [3.63, 3.8) is 0 Å². The molecule has 0 saturated carbocycles. The molecule has 0 aliphatic carbocycles. The highest BCUT2D eigenvalue weighted by atomic mass is 16.2. The van der Waals surface area contributed by atoms with E-state index in [1.807, 2.05) is 4.90 Å². The molecule has 0 spiro atoms. The molecule has 0 aromatic carbocycles. The molecule has 1 atom stereocenters. The minimum absolute atomic E-state index is 0.0929. The summed E-state index contributed by atoms with van der Waals surface area (Å²) in [5.74, 6) is 0.268. The number of hydrogen-bond acceptors (Lipinski definition) is 4. The Labute approximate surface area is 120 Å². The van der Waals surface area contributed by atoms with Crippen LogP contribution in [0.3, 0.4) is 0 Å². The summed E-state index contributed by atoms with van der Waals surface area (Å²) in [5, 5.41) is 0. The van der Waals surface area contributed by atoms with Gasteiger partial charge in [0, 0.05) is 39.6 Å². The number of nitrogens with two attached hydrogens (primary N) is 1. The van der Waals surface area contributed by atoms with Gasteiger partial charge in [-0.15, -0.1) is 0 Å². The summed E-state index contributed by atoms with van der Waals surface area (Å²) >= 11 is 0. The number of amides is 2. The SMILES string of the molecule is CC(=O)N1CCN(C(=O)CN2CCC(C)(CN)C2)CC1. The first-order chi connectivity index (χ1) is 9.43. The highest BCUT2D eigenvalue weighted by Crippen LogP contribution is 2.28. The van der Waals surface area contributed by atoms with E-state index in [-0.39, 0.29) is 17.2 Å². The summed E-state index contributed by atoms with van der Waals surface area (Å²) in [6.07, 6.45) is 1.06. The minimum Gasteiger partial charge on any atom is -0.339 e. The van der Waals surface area contributed by atoms with Gasteiger partial charge < -0.3 is 15.5 Å². The largest absolute Gasteiger partial charge is 0.339 e. The van der Waals surface area contributed by atoms with E-state index in [4.69, 9.17) is 5.73 Å². The Morgan fingerprint density at radius 3 is 2.20 bits per heavy atom. The maximum atomic E-state index is 12.3. The second-order valence-corrected chi connectivity index (χ2v) is 6.36. The number of hydrogen-bond donors (Lipinski definition) is 1. The van der Waals surface area contributed by atoms with E-state index in [0.29, 0.717) is 39.3 Å². The van der Waals surface area contributed by atoms with E-state index < -0.39 is 0 Å². The van der Waals surface area contributed by atoms with Gasteiger partial charge in [-0.3, -0.25) is 14.5 Å². The number of piperazine rings is 1. The van der Waals surface area contributed by atoms with Gasteiger partial charge in [0.05, 0.1) is 6.54 Å². The van der Waals surface area contributed by atoms with E-state index in [1.165, 1.54) is 0 Å². The van der Waals surface area contributed by atoms with Gasteiger partial charge in [0.1, 0.15) is 0 Å². The number of rotatable bonds is 3. The Balaban J connectivity index is 1.78. The average molecular weight is 282 g/mol. The topological polar surface area (TPSA) is 69.9 Å². The Morgan fingerprint density at radius 2 is 1.70 bits per heavy atom. The molecule has 1 unspecified atom stereocenters. The Kier molecular flexibility index (Phi) is 4.65. The molecule has 2 rings (SSSR count). The van der Waals surface area contributed by atoms with Crippen LogP contribution in [0.15, 0.2) is 0 Å². The molecule has 0 radical (unpaired) electrons. The average Bonchev–Trinajstić information content (AvgIpc) is 2.81. The van der Waals surface area contributed by atoms with E-state index in [1.54, 1.807) is 11.8 Å². The third kappa shape index (κ3) is 3.49. The molecule has 6 heteroatoms. The maximum absolute atomic E-state index is 12.3. The van der Waals surface area contributed by atoms with Gasteiger partial charge in [0.15, 0.2) is 0 Å². The van der Waals surface area contributed by atoms with Crippen LogP contribution in [0.5, 0.6) is 0 Å². The van der Waals surface area contributed by atoms with Crippen LogP contribution in [0.25, 0.3) is 0 Å². The van der Waals surface area contributed by atoms with Crippen molar-refractivity contribution in [1.82, 2.24) is 14.7 Å². The maximum Gasteiger partial charge on any atom is 0.236 e. The molecule has 6 nitrogen and oxygen atoms in total. The summed E-state index contributed by atoms with van der Waals surface area (Å²) in [6.45, 7) is 9.39. The quantitative estimate of drug-likeness (QED) is 0.747. The molecule has 2 heterocycles. The zero-order valence-corrected chi connectivity index (χ0v) is 12.6. The van der Waals surface area contributed by atoms with E-state index in [0.717, 1.165) is 19.5 Å². The highest BCUT2D eigenvalue weighted by molar-refractivity contribution is 5.79. The minimum atomic E-state index is 0.0929. The third-order valence-electron chi connectivity index (χ3n) is 4.57. The predicted molar refractivity (Wildman–Crippen MR) is 77.1 cm³/mol. The lowest BCUT2D eigenvalue weighted by Gasteiger charge is -2.35. The fourth-order valence-electron chi connectivity index (χ4n) is 2.99. The molecule has 0 aromatic rings. The van der Waals surface area contributed by atoms with Crippen LogP contribution in [0.1, 0.15) is 20.3 Å². The molecule has 114 valence electrons. The predicted octanol–water partition coefficient (Wildman–Crippen LogP) is -0.652. The molecule has 2 amide bonds. The van der Waals surface area contributed by atoms with Crippen LogP contribution in [-0.4, -0.2) is 78.9 Å². The van der Waals surface area contributed by atoms with E-state index >= 15 is 0 Å². The Morgan fingerprint density at radius 1 is 1.10 bits per heavy atom. The molecular formula is C14H26N4O2. The van der Waals surface area contributed by atoms with Gasteiger partial charge in [-0.1, -0.05) is 6.92 Å². The van der Waals surface area contributed by atoms with Crippen molar-refractivity contribution >= 4 is 11.8 Å². The van der Waals surface area contributed by atoms with Gasteiger partial charge >= 0.3 is 0 Å². The zero-order chi connectivity index (χ0) is 14.8. The van der Waals surface area contributed by atoms with Gasteiger partial charge in [-0.05, 0) is 24.9 Å². The van der Waals surface area contributed by atoms with Crippen molar-refractivity contribution in [2.75, 3.05) is 52.4 Å². The fraction of sp³-hybridized carbons (Fsp3) is 0.857. The van der Waals surface area contributed by atoms with Gasteiger partial charge in [-0.25, -0.2) is 0 Å². The molecule has 0 aromatic heterocycles. The Hall–Kier alpha value is -1.14. The van der Waals surface area contributed by atoms with E-state index in [9.17, 15) is 9.59 Å². The summed E-state index contributed by atoms with van der Waals surface area (Å²) < 4.78 is 0. The molecule has 2 N–H and O–H groups in total. The van der Waals surface area contributed by atoms with Crippen LogP contribution >= 0.6 is 0 Å². The molecule has 0 bridgehead atoms. The number of carbonyl (C=O) groups is 2. The standard InChI is InChI=1S/C14H26N4O2/c1-12(19)17-5-7-18(8-6-17)13(20)9-16-4-3-14(2,10-15)11-16/h3-11,15H2,1-2H3. The number of carbonyl (C=O) groups excluding carboxylic acids is 2. The lowest BCUT2D eigenvalue weighted by Crippen LogP contribution is -2.52. The monoisotopic (exact) mass is 282 g/mol. The summed E-state index contributed by atoms with van der Waals surface area (Å²) in [5.41, 5.74) is 5.95. The third-order valence-corrected chi connectivity index (χ3v) is 4.57. The van der Waals surface area contributed by atoms with Gasteiger partial charge in [-0.2, -0.15) is 0 Å². The Bertz CT molecular complexity index is 379. The first-order valence-electron chi connectivity index (χ1n) is 7.39. The van der Waals surface area contributed by atoms with Crippen molar-refractivity contribution in [2.45, 2.75) is 20.3 Å². The molecule has 2 aliphatic heterocycles. The smallest absolute Gasteiger partial charge is 0.236 e. The first-order valence-corrected chi connectivity index (χ1v) is 7.39. The highest BCUT2D eigenvalue weighted by Gasteiger charge is 2.34. The second-order valence-electron chi connectivity index (χ2n) is 6.36. The molecule has 2 fully saturated rings. The van der Waals surface area contributed by atoms with Gasteiger partial charge in [0.25, 0.3) is 0 Å². The van der Waals surface area contributed by atoms with Crippen LogP contribution in [-0.2, 0) is 9.59 Å².